The second kappa shape index (κ2) is 5.32. The fraction of sp³-hybridized carbons (Fsp3) is 0.429. The van der Waals surface area contributed by atoms with E-state index in [1.165, 1.54) is 6.07 Å². The topological polar surface area (TPSA) is 21.3 Å². The van der Waals surface area contributed by atoms with Crippen LogP contribution in [0.15, 0.2) is 30.0 Å². The van der Waals surface area contributed by atoms with Crippen molar-refractivity contribution < 1.29 is 9.13 Å². The average Bonchev–Trinajstić information content (AvgIpc) is 2.34. The van der Waals surface area contributed by atoms with E-state index in [0.29, 0.717) is 0 Å². The lowest BCUT2D eigenvalue weighted by Gasteiger charge is -2.25. The smallest absolute Gasteiger partial charge is 0.123 e. The molecule has 0 amide bonds. The van der Waals surface area contributed by atoms with Crippen molar-refractivity contribution >= 4 is 0 Å². The highest BCUT2D eigenvalue weighted by Crippen LogP contribution is 2.28. The lowest BCUT2D eigenvalue weighted by Crippen LogP contribution is -2.22. The fourth-order valence-electron chi connectivity index (χ4n) is 2.19. The Kier molecular flexibility index (Phi) is 3.79. The predicted molar refractivity (Wildman–Crippen MR) is 66.2 cm³/mol. The van der Waals surface area contributed by atoms with Gasteiger partial charge in [0.25, 0.3) is 0 Å². The highest BCUT2D eigenvalue weighted by Gasteiger charge is 2.19. The van der Waals surface area contributed by atoms with Crippen molar-refractivity contribution in [3.8, 4) is 0 Å². The van der Waals surface area contributed by atoms with E-state index in [9.17, 15) is 4.39 Å². The number of halogens is 1. The molecule has 1 N–H and O–H groups in total. The number of rotatable bonds is 3. The molecule has 1 unspecified atom stereocenters. The van der Waals surface area contributed by atoms with Gasteiger partial charge in [-0.05, 0) is 56.1 Å². The van der Waals surface area contributed by atoms with E-state index in [0.717, 1.165) is 36.3 Å². The molecule has 0 aliphatic carbocycles. The fourth-order valence-corrected chi connectivity index (χ4v) is 2.19. The quantitative estimate of drug-likeness (QED) is 0.869. The van der Waals surface area contributed by atoms with Gasteiger partial charge in [0.15, 0.2) is 0 Å². The predicted octanol–water partition coefficient (Wildman–Crippen LogP) is 3.09. The van der Waals surface area contributed by atoms with Crippen molar-refractivity contribution in [1.29, 1.82) is 0 Å². The normalized spacial score (nSPS) is 17.2. The van der Waals surface area contributed by atoms with Crippen LogP contribution >= 0.6 is 0 Å². The molecule has 17 heavy (non-hydrogen) atoms. The maximum Gasteiger partial charge on any atom is 0.123 e. The van der Waals surface area contributed by atoms with Crippen molar-refractivity contribution in [1.82, 2.24) is 5.32 Å². The zero-order valence-electron chi connectivity index (χ0n) is 10.3. The largest absolute Gasteiger partial charge is 0.496 e. The summed E-state index contributed by atoms with van der Waals surface area (Å²) in [6.45, 7) is 2.69. The van der Waals surface area contributed by atoms with E-state index >= 15 is 0 Å². The first-order valence-corrected chi connectivity index (χ1v) is 5.98. The van der Waals surface area contributed by atoms with Gasteiger partial charge in [0, 0.05) is 0 Å². The number of hydrogen-bond donors (Lipinski definition) is 1. The molecule has 3 heteroatoms. The highest BCUT2D eigenvalue weighted by molar-refractivity contribution is 5.34. The molecule has 1 aromatic rings. The Labute approximate surface area is 101 Å². The van der Waals surface area contributed by atoms with Crippen LogP contribution in [0.25, 0.3) is 0 Å². The molecule has 0 fully saturated rings. The van der Waals surface area contributed by atoms with Gasteiger partial charge >= 0.3 is 0 Å². The monoisotopic (exact) mass is 235 g/mol. The van der Waals surface area contributed by atoms with Gasteiger partial charge in [0.05, 0.1) is 12.6 Å². The van der Waals surface area contributed by atoms with Crippen molar-refractivity contribution in [2.75, 3.05) is 13.7 Å². The van der Waals surface area contributed by atoms with Crippen LogP contribution in [0.3, 0.4) is 0 Å². The zero-order chi connectivity index (χ0) is 12.3. The van der Waals surface area contributed by atoms with Crippen molar-refractivity contribution in [2.45, 2.75) is 25.8 Å². The van der Waals surface area contributed by atoms with Crippen LogP contribution in [0.5, 0.6) is 0 Å². The second-order valence-corrected chi connectivity index (χ2v) is 4.32. The summed E-state index contributed by atoms with van der Waals surface area (Å²) < 4.78 is 18.8. The summed E-state index contributed by atoms with van der Waals surface area (Å²) in [7, 11) is 1.90. The molecule has 2 rings (SSSR count). The van der Waals surface area contributed by atoms with E-state index in [4.69, 9.17) is 4.74 Å². The van der Waals surface area contributed by atoms with Crippen LogP contribution in [0.2, 0.25) is 0 Å². The molecule has 0 spiro atoms. The number of allylic oxidation sites excluding steroid dienone is 1. The molecule has 1 atom stereocenters. The minimum Gasteiger partial charge on any atom is -0.496 e. The minimum atomic E-state index is -0.195. The molecule has 2 nitrogen and oxygen atoms in total. The third kappa shape index (κ3) is 2.67. The van der Waals surface area contributed by atoms with Crippen LogP contribution in [0.1, 0.15) is 30.0 Å². The van der Waals surface area contributed by atoms with E-state index in [2.05, 4.69) is 11.4 Å². The maximum atomic E-state index is 13.1. The SMILES string of the molecule is CNC(C1=CCCCO1)c1ccc(F)cc1C. The molecule has 92 valence electrons. The summed E-state index contributed by atoms with van der Waals surface area (Å²) in [5.41, 5.74) is 2.02. The number of nitrogens with one attached hydrogen (secondary N) is 1. The summed E-state index contributed by atoms with van der Waals surface area (Å²) in [6, 6.07) is 4.90. The van der Waals surface area contributed by atoms with Crippen LogP contribution in [0.4, 0.5) is 4.39 Å². The Hall–Kier alpha value is -1.35. The maximum absolute atomic E-state index is 13.1. The van der Waals surface area contributed by atoms with Gasteiger partial charge < -0.3 is 10.1 Å². The van der Waals surface area contributed by atoms with Gasteiger partial charge in [-0.2, -0.15) is 0 Å². The molecule has 0 saturated heterocycles. The number of aryl methyl sites for hydroxylation is 1. The van der Waals surface area contributed by atoms with E-state index in [1.54, 1.807) is 6.07 Å². The summed E-state index contributed by atoms with van der Waals surface area (Å²) in [4.78, 5) is 0. The minimum absolute atomic E-state index is 0.0240. The Morgan fingerprint density at radius 1 is 1.41 bits per heavy atom. The molecule has 0 saturated carbocycles. The Balaban J connectivity index is 2.31. The number of benzene rings is 1. The second-order valence-electron chi connectivity index (χ2n) is 4.32. The molecule has 1 aliphatic rings. The van der Waals surface area contributed by atoms with Crippen LogP contribution in [0, 0.1) is 12.7 Å². The lowest BCUT2D eigenvalue weighted by atomic mass is 9.98. The van der Waals surface area contributed by atoms with Crippen molar-refractivity contribution in [3.63, 3.8) is 0 Å². The van der Waals surface area contributed by atoms with Gasteiger partial charge in [-0.3, -0.25) is 0 Å². The molecule has 1 aliphatic heterocycles. The number of ether oxygens (including phenoxy) is 1. The van der Waals surface area contributed by atoms with Gasteiger partial charge in [0.1, 0.15) is 11.6 Å². The molecular weight excluding hydrogens is 217 g/mol. The first-order chi connectivity index (χ1) is 8.22. The van der Waals surface area contributed by atoms with E-state index < -0.39 is 0 Å². The van der Waals surface area contributed by atoms with Crippen LogP contribution < -0.4 is 5.32 Å². The lowest BCUT2D eigenvalue weighted by molar-refractivity contribution is 0.169. The summed E-state index contributed by atoms with van der Waals surface area (Å²) in [5, 5.41) is 3.23. The van der Waals surface area contributed by atoms with Gasteiger partial charge in [-0.15, -0.1) is 0 Å². The summed E-state index contributed by atoms with van der Waals surface area (Å²) in [5.74, 6) is 0.758. The Morgan fingerprint density at radius 3 is 2.82 bits per heavy atom. The van der Waals surface area contributed by atoms with E-state index in [-0.39, 0.29) is 11.9 Å². The standard InChI is InChI=1S/C14H18FNO/c1-10-9-11(15)6-7-12(10)14(16-2)13-5-3-4-8-17-13/h5-7,9,14,16H,3-4,8H2,1-2H3. The van der Waals surface area contributed by atoms with Crippen molar-refractivity contribution in [3.05, 3.63) is 47.0 Å². The molecule has 0 bridgehead atoms. The Bertz CT molecular complexity index is 428. The third-order valence-electron chi connectivity index (χ3n) is 3.08. The van der Waals surface area contributed by atoms with Crippen LogP contribution in [-0.4, -0.2) is 13.7 Å². The van der Waals surface area contributed by atoms with Gasteiger partial charge in [-0.1, -0.05) is 6.07 Å². The molecule has 0 aromatic heterocycles. The Morgan fingerprint density at radius 2 is 2.24 bits per heavy atom. The zero-order valence-corrected chi connectivity index (χ0v) is 10.3. The van der Waals surface area contributed by atoms with Gasteiger partial charge in [0.2, 0.25) is 0 Å². The number of hydrogen-bond acceptors (Lipinski definition) is 2. The molecular formula is C14H18FNO. The summed E-state index contributed by atoms with van der Waals surface area (Å²) >= 11 is 0. The first-order valence-electron chi connectivity index (χ1n) is 5.98. The summed E-state index contributed by atoms with van der Waals surface area (Å²) in [6.07, 6.45) is 4.24. The molecule has 1 aromatic carbocycles. The average molecular weight is 235 g/mol. The highest BCUT2D eigenvalue weighted by atomic mass is 19.1. The number of likely N-dealkylation sites (N-methyl/N-ethyl adjacent to an activating group) is 1. The van der Waals surface area contributed by atoms with Crippen LogP contribution in [-0.2, 0) is 4.74 Å². The van der Waals surface area contributed by atoms with Gasteiger partial charge in [-0.25, -0.2) is 4.39 Å². The van der Waals surface area contributed by atoms with Crippen molar-refractivity contribution in [2.24, 2.45) is 0 Å². The molecule has 0 radical (unpaired) electrons. The van der Waals surface area contributed by atoms with E-state index in [1.807, 2.05) is 20.0 Å². The first kappa shape index (κ1) is 12.1. The molecule has 1 heterocycles. The third-order valence-corrected chi connectivity index (χ3v) is 3.08.